The molecule has 11 rings (SSSR count). The Morgan fingerprint density at radius 2 is 0.987 bits per heavy atom. The summed E-state index contributed by atoms with van der Waals surface area (Å²) in [5, 5.41) is 3.15. The zero-order chi connectivity index (χ0) is 52.4. The zero-order valence-corrected chi connectivity index (χ0v) is 46.1. The number of hydrogen-bond acceptors (Lipinski definition) is 8. The third-order valence-corrected chi connectivity index (χ3v) is 16.4. The maximum atomic E-state index is 13.1. The molecule has 76 heavy (non-hydrogen) atoms. The minimum absolute atomic E-state index is 0.0250. The molecule has 2 saturated heterocycles. The molecule has 0 aliphatic carbocycles. The fraction of sp³-hybridized carbons (Fsp3) is 0.323. The number of carbonyl (C=O) groups excluding carboxylic acids is 2. The van der Waals surface area contributed by atoms with Gasteiger partial charge in [0.15, 0.2) is 23.0 Å². The first-order chi connectivity index (χ1) is 37.1. The first-order valence-electron chi connectivity index (χ1n) is 27.0. The SMILES string of the molecule is C[C@@H](NC(=O)c1ccc(CC2CCN(Cc3ccc4c(c3)OCO4)CC2)cc1)c1ccc(-c2ccccc2)cc1.C[C@H](c1ccc(I)cc1)N(C)C(=O)c1ccc(CC2CCN(Cc3ccc4c(c3)OCO4)CC2)cc1. The zero-order valence-electron chi connectivity index (χ0n) is 44.0. The van der Waals surface area contributed by atoms with Crippen molar-refractivity contribution in [3.8, 4) is 34.1 Å². The van der Waals surface area contributed by atoms with Gasteiger partial charge in [-0.3, -0.25) is 19.4 Å². The van der Waals surface area contributed by atoms with Crippen LogP contribution in [-0.4, -0.2) is 73.3 Å². The molecule has 392 valence electrons. The van der Waals surface area contributed by atoms with Gasteiger partial charge in [0.05, 0.1) is 12.1 Å². The van der Waals surface area contributed by atoms with Crippen LogP contribution in [0.5, 0.6) is 23.0 Å². The summed E-state index contributed by atoms with van der Waals surface area (Å²) in [4.78, 5) is 32.9. The molecule has 2 amide bonds. The molecule has 2 atom stereocenters. The molecule has 4 heterocycles. The van der Waals surface area contributed by atoms with E-state index in [9.17, 15) is 9.59 Å². The molecule has 4 aliphatic rings. The summed E-state index contributed by atoms with van der Waals surface area (Å²) in [7, 11) is 1.89. The van der Waals surface area contributed by atoms with Crippen LogP contribution >= 0.6 is 22.6 Å². The van der Waals surface area contributed by atoms with Gasteiger partial charge in [0.25, 0.3) is 11.8 Å². The Kier molecular flexibility index (Phi) is 17.3. The second kappa shape index (κ2) is 25.0. The van der Waals surface area contributed by atoms with Gasteiger partial charge < -0.3 is 29.2 Å². The Bertz CT molecular complexity index is 3030. The number of halogens is 1. The van der Waals surface area contributed by atoms with Crippen LogP contribution in [0.4, 0.5) is 0 Å². The number of likely N-dealkylation sites (tertiary alicyclic amines) is 2. The van der Waals surface area contributed by atoms with Crippen LogP contribution in [0.1, 0.15) is 106 Å². The van der Waals surface area contributed by atoms with Gasteiger partial charge >= 0.3 is 0 Å². The summed E-state index contributed by atoms with van der Waals surface area (Å²) < 4.78 is 23.1. The molecule has 11 heteroatoms. The minimum atomic E-state index is -0.0696. The van der Waals surface area contributed by atoms with Gasteiger partial charge in [-0.2, -0.15) is 0 Å². The Balaban J connectivity index is 0.000000174. The quantitative estimate of drug-likeness (QED) is 0.102. The predicted molar refractivity (Wildman–Crippen MR) is 309 cm³/mol. The number of benzene rings is 7. The van der Waals surface area contributed by atoms with E-state index in [0.717, 1.165) is 91.8 Å². The van der Waals surface area contributed by atoms with Crippen molar-refractivity contribution in [1.29, 1.82) is 0 Å². The van der Waals surface area contributed by atoms with E-state index >= 15 is 0 Å². The van der Waals surface area contributed by atoms with E-state index < -0.39 is 0 Å². The Morgan fingerprint density at radius 3 is 1.50 bits per heavy atom. The highest BCUT2D eigenvalue weighted by Crippen LogP contribution is 2.35. The molecule has 0 saturated carbocycles. The molecule has 1 N–H and O–H groups in total. The maximum Gasteiger partial charge on any atom is 0.254 e. The van der Waals surface area contributed by atoms with Gasteiger partial charge in [0.2, 0.25) is 13.6 Å². The number of hydrogen-bond donors (Lipinski definition) is 1. The standard InChI is InChI=1S/C35H36N2O3.C30H33IN2O3/c1-25(29-12-14-31(15-13-29)30-5-3-2-4-6-30)36-35(38)32-10-7-26(8-11-32)21-27-17-19-37(20-18-27)23-28-9-16-33-34(22-28)40-24-39-33;1-21(25-8-10-27(31)11-9-25)32(2)30(34)26-6-3-22(4-7-26)17-23-13-15-33(16-14-23)19-24-5-12-28-29(18-24)36-20-35-28/h2-16,22,25,27H,17-21,23-24H2,1H3,(H,36,38);3-12,18,21,23H,13-17,19-20H2,1-2H3/t25-;21-/m11/s1. The van der Waals surface area contributed by atoms with E-state index in [2.05, 4.69) is 154 Å². The summed E-state index contributed by atoms with van der Waals surface area (Å²) in [6.07, 6.45) is 6.90. The summed E-state index contributed by atoms with van der Waals surface area (Å²) in [5.74, 6) is 4.78. The number of nitrogens with one attached hydrogen (secondary N) is 1. The first-order valence-corrected chi connectivity index (χ1v) is 28.0. The highest BCUT2D eigenvalue weighted by Gasteiger charge is 2.24. The number of carbonyl (C=O) groups is 2. The number of fused-ring (bicyclic) bond motifs is 2. The van der Waals surface area contributed by atoms with Crippen molar-refractivity contribution in [3.05, 3.63) is 212 Å². The predicted octanol–water partition coefficient (Wildman–Crippen LogP) is 13.3. The molecular weight excluding hydrogens is 1060 g/mol. The molecular formula is C65H69IN4O6. The number of rotatable bonds is 15. The van der Waals surface area contributed by atoms with E-state index in [4.69, 9.17) is 18.9 Å². The molecule has 7 aromatic rings. The molecule has 0 unspecified atom stereocenters. The van der Waals surface area contributed by atoms with E-state index in [0.29, 0.717) is 31.0 Å². The van der Waals surface area contributed by atoms with Crippen molar-refractivity contribution in [2.24, 2.45) is 11.8 Å². The van der Waals surface area contributed by atoms with Crippen LogP contribution in [0.25, 0.3) is 11.1 Å². The summed E-state index contributed by atoms with van der Waals surface area (Å²) in [5.41, 5.74) is 11.2. The topological polar surface area (TPSA) is 92.8 Å². The number of piperidine rings is 2. The third-order valence-electron chi connectivity index (χ3n) is 15.7. The molecule has 10 nitrogen and oxygen atoms in total. The van der Waals surface area contributed by atoms with E-state index in [1.165, 1.54) is 62.6 Å². The van der Waals surface area contributed by atoms with Gasteiger partial charge in [0.1, 0.15) is 0 Å². The second-order valence-corrected chi connectivity index (χ2v) is 22.2. The van der Waals surface area contributed by atoms with Gasteiger partial charge in [-0.15, -0.1) is 0 Å². The summed E-state index contributed by atoms with van der Waals surface area (Å²) in [6, 6.07) is 56.0. The monoisotopic (exact) mass is 1130 g/mol. The van der Waals surface area contributed by atoms with Crippen molar-refractivity contribution in [3.63, 3.8) is 0 Å². The van der Waals surface area contributed by atoms with Crippen molar-refractivity contribution in [1.82, 2.24) is 20.0 Å². The Labute approximate surface area is 462 Å². The molecule has 0 spiro atoms. The number of nitrogens with zero attached hydrogens (tertiary/aromatic N) is 3. The van der Waals surface area contributed by atoms with Crippen molar-refractivity contribution in [2.75, 3.05) is 46.8 Å². The van der Waals surface area contributed by atoms with E-state index in [1.807, 2.05) is 73.5 Å². The molecule has 2 fully saturated rings. The van der Waals surface area contributed by atoms with Gasteiger partial charge in [-0.1, -0.05) is 103 Å². The fourth-order valence-corrected chi connectivity index (χ4v) is 11.2. The lowest BCUT2D eigenvalue weighted by atomic mass is 9.89. The second-order valence-electron chi connectivity index (χ2n) is 20.9. The molecule has 0 radical (unpaired) electrons. The maximum absolute atomic E-state index is 13.1. The van der Waals surface area contributed by atoms with E-state index in [1.54, 1.807) is 0 Å². The minimum Gasteiger partial charge on any atom is -0.454 e. The third kappa shape index (κ3) is 13.6. The van der Waals surface area contributed by atoms with Crippen molar-refractivity contribution in [2.45, 2.75) is 77.5 Å². The number of amides is 2. The van der Waals surface area contributed by atoms with Crippen LogP contribution in [0.2, 0.25) is 0 Å². The smallest absolute Gasteiger partial charge is 0.254 e. The van der Waals surface area contributed by atoms with Crippen LogP contribution in [0.3, 0.4) is 0 Å². The van der Waals surface area contributed by atoms with Crippen LogP contribution in [-0.2, 0) is 25.9 Å². The summed E-state index contributed by atoms with van der Waals surface area (Å²) in [6.45, 7) is 11.1. The molecule has 7 aromatic carbocycles. The Hall–Kier alpha value is -6.67. The van der Waals surface area contributed by atoms with Crippen LogP contribution in [0, 0.1) is 15.4 Å². The lowest BCUT2D eigenvalue weighted by Gasteiger charge is -2.32. The van der Waals surface area contributed by atoms with Crippen LogP contribution in [0.15, 0.2) is 164 Å². The van der Waals surface area contributed by atoms with Crippen molar-refractivity contribution < 1.29 is 28.5 Å². The first kappa shape index (κ1) is 52.8. The molecule has 4 aliphatic heterocycles. The van der Waals surface area contributed by atoms with Gasteiger partial charge in [-0.05, 0) is 218 Å². The largest absolute Gasteiger partial charge is 0.454 e. The number of ether oxygens (including phenoxy) is 4. The van der Waals surface area contributed by atoms with Crippen LogP contribution < -0.4 is 24.3 Å². The normalized spacial score (nSPS) is 16.3. The average Bonchev–Trinajstić information content (AvgIpc) is 4.14. The molecule has 0 bridgehead atoms. The summed E-state index contributed by atoms with van der Waals surface area (Å²) >= 11 is 2.30. The molecule has 0 aromatic heterocycles. The lowest BCUT2D eigenvalue weighted by molar-refractivity contribution is 0.0742. The highest BCUT2D eigenvalue weighted by atomic mass is 127. The van der Waals surface area contributed by atoms with Crippen molar-refractivity contribution >= 4 is 34.4 Å². The highest BCUT2D eigenvalue weighted by molar-refractivity contribution is 14.1. The van der Waals surface area contributed by atoms with Gasteiger partial charge in [-0.25, -0.2) is 0 Å². The fourth-order valence-electron chi connectivity index (χ4n) is 10.8. The lowest BCUT2D eigenvalue weighted by Crippen LogP contribution is -2.33. The van der Waals surface area contributed by atoms with Gasteiger partial charge in [0, 0.05) is 34.8 Å². The Morgan fingerprint density at radius 1 is 0.539 bits per heavy atom. The average molecular weight is 1130 g/mol. The van der Waals surface area contributed by atoms with E-state index in [-0.39, 0.29) is 23.9 Å².